The number of nitrogens with zero attached hydrogens (tertiary/aromatic N) is 3. The van der Waals surface area contributed by atoms with Crippen molar-refractivity contribution < 1.29 is 18.4 Å². The molecule has 2 saturated carbocycles. The van der Waals surface area contributed by atoms with E-state index < -0.39 is 12.3 Å². The van der Waals surface area contributed by atoms with Crippen molar-refractivity contribution in [3.63, 3.8) is 0 Å². The highest BCUT2D eigenvalue weighted by molar-refractivity contribution is 5.82. The van der Waals surface area contributed by atoms with Crippen molar-refractivity contribution in [2.24, 2.45) is 11.8 Å². The van der Waals surface area contributed by atoms with Crippen LogP contribution in [0.5, 0.6) is 0 Å². The molecular formula is C25H41F2N5O2. The van der Waals surface area contributed by atoms with Gasteiger partial charge in [-0.3, -0.25) is 19.4 Å². The molecule has 0 aromatic heterocycles. The van der Waals surface area contributed by atoms with Gasteiger partial charge in [-0.15, -0.1) is 0 Å². The molecule has 0 radical (unpaired) electrons. The van der Waals surface area contributed by atoms with Crippen molar-refractivity contribution in [2.75, 3.05) is 39.8 Å². The number of piperazine rings is 1. The molecule has 9 heteroatoms. The number of halogens is 2. The molecule has 8 unspecified atom stereocenters. The molecule has 3 heterocycles. The summed E-state index contributed by atoms with van der Waals surface area (Å²) in [5.41, 5.74) is 0. The summed E-state index contributed by atoms with van der Waals surface area (Å²) in [5.74, 6) is 0.364. The number of likely N-dealkylation sites (tertiary alicyclic amines) is 1. The Bertz CT molecular complexity index is 754. The molecule has 0 spiro atoms. The number of carbonyl (C=O) groups excluding carboxylic acids is 2. The summed E-state index contributed by atoms with van der Waals surface area (Å²) in [6.45, 7) is 6.03. The molecule has 0 aromatic carbocycles. The number of amides is 2. The van der Waals surface area contributed by atoms with Crippen LogP contribution in [0.2, 0.25) is 0 Å². The van der Waals surface area contributed by atoms with Gasteiger partial charge < -0.3 is 15.5 Å². The monoisotopic (exact) mass is 481 g/mol. The summed E-state index contributed by atoms with van der Waals surface area (Å²) < 4.78 is 29.2. The van der Waals surface area contributed by atoms with Crippen LogP contribution < -0.4 is 10.6 Å². The standard InChI is InChI=1S/C25H41F2N5O2/c1-15-3-4-21(27)20-12-22(29-24(15)20)25(34)28-17-9-16(26)10-19(11-17)31-6-5-18(13-31)32-8-7-30(2)23(33)14-32/h15-22,24,29H,3-14H2,1-2H3,(H,28,34)/t15?,16?,17?,18-,19?,20?,21?,22?,24?/m0/s1. The summed E-state index contributed by atoms with van der Waals surface area (Å²) in [5, 5.41) is 6.51. The highest BCUT2D eigenvalue weighted by Crippen LogP contribution is 2.39. The normalized spacial score (nSPS) is 44.3. The van der Waals surface area contributed by atoms with E-state index in [9.17, 15) is 18.4 Å². The molecule has 2 aliphatic carbocycles. The Labute approximate surface area is 202 Å². The summed E-state index contributed by atoms with van der Waals surface area (Å²) in [6, 6.07) is -0.0499. The van der Waals surface area contributed by atoms with Gasteiger partial charge in [0.2, 0.25) is 11.8 Å². The Morgan fingerprint density at radius 3 is 2.59 bits per heavy atom. The van der Waals surface area contributed by atoms with Crippen LogP contribution in [0.15, 0.2) is 0 Å². The van der Waals surface area contributed by atoms with Crippen LogP contribution in [-0.4, -0.2) is 109 Å². The van der Waals surface area contributed by atoms with Gasteiger partial charge in [0.05, 0.1) is 12.6 Å². The van der Waals surface area contributed by atoms with E-state index in [1.165, 1.54) is 0 Å². The largest absolute Gasteiger partial charge is 0.352 e. The maximum atomic E-state index is 14.8. The van der Waals surface area contributed by atoms with Crippen molar-refractivity contribution in [3.05, 3.63) is 0 Å². The topological polar surface area (TPSA) is 67.9 Å². The molecule has 3 saturated heterocycles. The molecule has 34 heavy (non-hydrogen) atoms. The average Bonchev–Trinajstić information content (AvgIpc) is 3.47. The van der Waals surface area contributed by atoms with Gasteiger partial charge in [-0.2, -0.15) is 0 Å². The molecule has 0 aromatic rings. The maximum absolute atomic E-state index is 14.8. The number of carbonyl (C=O) groups is 2. The van der Waals surface area contributed by atoms with Crippen LogP contribution >= 0.6 is 0 Å². The molecule has 5 rings (SSSR count). The number of alkyl halides is 2. The Hall–Kier alpha value is -1.32. The van der Waals surface area contributed by atoms with Crippen molar-refractivity contribution in [3.8, 4) is 0 Å². The number of hydrogen-bond acceptors (Lipinski definition) is 5. The summed E-state index contributed by atoms with van der Waals surface area (Å²) >= 11 is 0. The quantitative estimate of drug-likeness (QED) is 0.634. The van der Waals surface area contributed by atoms with Crippen molar-refractivity contribution in [1.29, 1.82) is 0 Å². The summed E-state index contributed by atoms with van der Waals surface area (Å²) in [7, 11) is 1.85. The van der Waals surface area contributed by atoms with Gasteiger partial charge in [0, 0.05) is 63.3 Å². The lowest BCUT2D eigenvalue weighted by Crippen LogP contribution is -2.54. The zero-order valence-electron chi connectivity index (χ0n) is 20.6. The van der Waals surface area contributed by atoms with Crippen LogP contribution in [0.1, 0.15) is 51.9 Å². The lowest BCUT2D eigenvalue weighted by atomic mass is 9.77. The highest BCUT2D eigenvalue weighted by atomic mass is 19.1. The SMILES string of the molecule is CC1CCC(F)C2CC(C(=O)NC3CC(F)CC(N4CC[C@H](N5CCN(C)C(=O)C5)C4)C3)NC12. The summed E-state index contributed by atoms with van der Waals surface area (Å²) in [4.78, 5) is 31.6. The predicted octanol–water partition coefficient (Wildman–Crippen LogP) is 1.32. The average molecular weight is 482 g/mol. The van der Waals surface area contributed by atoms with Gasteiger partial charge in [-0.25, -0.2) is 8.78 Å². The molecule has 5 aliphatic rings. The Balaban J connectivity index is 1.14. The molecule has 9 atom stereocenters. The fourth-order valence-corrected chi connectivity index (χ4v) is 7.23. The van der Waals surface area contributed by atoms with Gasteiger partial charge in [0.25, 0.3) is 0 Å². The lowest BCUT2D eigenvalue weighted by Gasteiger charge is -2.39. The van der Waals surface area contributed by atoms with Gasteiger partial charge in [-0.05, 0) is 50.9 Å². The van der Waals surface area contributed by atoms with Crippen molar-refractivity contribution in [1.82, 2.24) is 25.3 Å². The van der Waals surface area contributed by atoms with E-state index in [-0.39, 0.29) is 41.9 Å². The van der Waals surface area contributed by atoms with E-state index in [1.807, 2.05) is 7.05 Å². The number of rotatable bonds is 4. The third-order valence-electron chi connectivity index (χ3n) is 9.34. The minimum Gasteiger partial charge on any atom is -0.352 e. The van der Waals surface area contributed by atoms with Crippen LogP contribution in [-0.2, 0) is 9.59 Å². The zero-order valence-corrected chi connectivity index (χ0v) is 20.6. The smallest absolute Gasteiger partial charge is 0.237 e. The van der Waals surface area contributed by atoms with E-state index >= 15 is 0 Å². The van der Waals surface area contributed by atoms with Crippen LogP contribution in [0.3, 0.4) is 0 Å². The molecule has 0 bridgehead atoms. The first-order valence-electron chi connectivity index (χ1n) is 13.3. The molecular weight excluding hydrogens is 440 g/mol. The Morgan fingerprint density at radius 1 is 1.00 bits per heavy atom. The third-order valence-corrected chi connectivity index (χ3v) is 9.34. The van der Waals surface area contributed by atoms with Crippen molar-refractivity contribution in [2.45, 2.75) is 94.4 Å². The number of nitrogens with one attached hydrogen (secondary N) is 2. The van der Waals surface area contributed by atoms with Gasteiger partial charge in [0.15, 0.2) is 0 Å². The maximum Gasteiger partial charge on any atom is 0.237 e. The zero-order chi connectivity index (χ0) is 24.0. The van der Waals surface area contributed by atoms with E-state index in [4.69, 9.17) is 0 Å². The second kappa shape index (κ2) is 9.97. The van der Waals surface area contributed by atoms with E-state index in [0.717, 1.165) is 45.4 Å². The van der Waals surface area contributed by atoms with Gasteiger partial charge in [-0.1, -0.05) is 6.92 Å². The molecule has 5 fully saturated rings. The van der Waals surface area contributed by atoms with E-state index in [1.54, 1.807) is 4.90 Å². The molecule has 2 N–H and O–H groups in total. The number of fused-ring (bicyclic) bond motifs is 1. The second-order valence-electron chi connectivity index (χ2n) is 11.6. The van der Waals surface area contributed by atoms with Crippen molar-refractivity contribution >= 4 is 11.8 Å². The van der Waals surface area contributed by atoms with Crippen LogP contribution in [0.4, 0.5) is 8.78 Å². The Kier molecular flexibility index (Phi) is 7.15. The predicted molar refractivity (Wildman–Crippen MR) is 126 cm³/mol. The molecule has 192 valence electrons. The number of likely N-dealkylation sites (N-methyl/N-ethyl adjacent to an activating group) is 1. The summed E-state index contributed by atoms with van der Waals surface area (Å²) in [6.07, 6.45) is 2.83. The van der Waals surface area contributed by atoms with E-state index in [2.05, 4.69) is 27.4 Å². The van der Waals surface area contributed by atoms with Gasteiger partial charge in [0.1, 0.15) is 12.3 Å². The first-order chi connectivity index (χ1) is 16.3. The molecule has 3 aliphatic heterocycles. The minimum atomic E-state index is -0.928. The number of hydrogen-bond donors (Lipinski definition) is 2. The fourth-order valence-electron chi connectivity index (χ4n) is 7.23. The Morgan fingerprint density at radius 2 is 1.82 bits per heavy atom. The van der Waals surface area contributed by atoms with E-state index in [0.29, 0.717) is 44.2 Å². The fraction of sp³-hybridized carbons (Fsp3) is 0.920. The van der Waals surface area contributed by atoms with Crippen LogP contribution in [0.25, 0.3) is 0 Å². The lowest BCUT2D eigenvalue weighted by molar-refractivity contribution is -0.135. The minimum absolute atomic E-state index is 0.0653. The first-order valence-corrected chi connectivity index (χ1v) is 13.3. The molecule has 7 nitrogen and oxygen atoms in total. The molecule has 2 amide bonds. The third kappa shape index (κ3) is 4.98. The van der Waals surface area contributed by atoms with Crippen LogP contribution in [0, 0.1) is 11.8 Å². The van der Waals surface area contributed by atoms with Gasteiger partial charge >= 0.3 is 0 Å². The second-order valence-corrected chi connectivity index (χ2v) is 11.6. The highest BCUT2D eigenvalue weighted by Gasteiger charge is 2.47. The first kappa shape index (κ1) is 24.4.